The van der Waals surface area contributed by atoms with Crippen molar-refractivity contribution in [3.8, 4) is 0 Å². The third kappa shape index (κ3) is 2.78. The SMILES string of the molecule is C=C(C)/N=C\C(=C/C)N1CC2(CCNCC2)C1. The fraction of sp³-hybridized carbons (Fsp3) is 0.643. The Hall–Kier alpha value is -1.09. The topological polar surface area (TPSA) is 27.6 Å². The molecule has 0 radical (unpaired) electrons. The lowest BCUT2D eigenvalue weighted by Crippen LogP contribution is -2.59. The highest BCUT2D eigenvalue weighted by molar-refractivity contribution is 5.78. The summed E-state index contributed by atoms with van der Waals surface area (Å²) in [7, 11) is 0. The number of hydrogen-bond donors (Lipinski definition) is 1. The van der Waals surface area contributed by atoms with Gasteiger partial charge in [-0.2, -0.15) is 0 Å². The Balaban J connectivity index is 1.91. The molecule has 2 saturated heterocycles. The second-order valence-electron chi connectivity index (χ2n) is 5.31. The Kier molecular flexibility index (Phi) is 3.67. The van der Waals surface area contributed by atoms with Crippen LogP contribution in [0.3, 0.4) is 0 Å². The van der Waals surface area contributed by atoms with Crippen molar-refractivity contribution in [3.05, 3.63) is 24.0 Å². The van der Waals surface area contributed by atoms with E-state index in [0.29, 0.717) is 5.41 Å². The van der Waals surface area contributed by atoms with Crippen molar-refractivity contribution in [1.29, 1.82) is 0 Å². The molecule has 0 saturated carbocycles. The number of hydrogen-bond acceptors (Lipinski definition) is 3. The van der Waals surface area contributed by atoms with E-state index in [1.165, 1.54) is 44.7 Å². The zero-order valence-electron chi connectivity index (χ0n) is 11.0. The first-order chi connectivity index (χ1) is 8.15. The highest BCUT2D eigenvalue weighted by Crippen LogP contribution is 2.40. The summed E-state index contributed by atoms with van der Waals surface area (Å²) < 4.78 is 0. The van der Waals surface area contributed by atoms with E-state index in [4.69, 9.17) is 0 Å². The minimum absolute atomic E-state index is 0.580. The van der Waals surface area contributed by atoms with Crippen molar-refractivity contribution in [2.75, 3.05) is 26.2 Å². The second kappa shape index (κ2) is 5.05. The van der Waals surface area contributed by atoms with Crippen molar-refractivity contribution in [3.63, 3.8) is 0 Å². The third-order valence-corrected chi connectivity index (χ3v) is 3.79. The second-order valence-corrected chi connectivity index (χ2v) is 5.31. The van der Waals surface area contributed by atoms with Crippen molar-refractivity contribution < 1.29 is 0 Å². The summed E-state index contributed by atoms with van der Waals surface area (Å²) in [5, 5.41) is 3.44. The molecule has 17 heavy (non-hydrogen) atoms. The molecule has 3 nitrogen and oxygen atoms in total. The molecule has 94 valence electrons. The van der Waals surface area contributed by atoms with Gasteiger partial charge in [0.1, 0.15) is 0 Å². The van der Waals surface area contributed by atoms with Crippen LogP contribution in [0.1, 0.15) is 26.7 Å². The van der Waals surface area contributed by atoms with Crippen LogP contribution >= 0.6 is 0 Å². The number of likely N-dealkylation sites (tertiary alicyclic amines) is 1. The Morgan fingerprint density at radius 2 is 2.00 bits per heavy atom. The Bertz CT molecular complexity index is 340. The van der Waals surface area contributed by atoms with Gasteiger partial charge in [-0.3, -0.25) is 4.99 Å². The number of allylic oxidation sites excluding steroid dienone is 3. The summed E-state index contributed by atoms with van der Waals surface area (Å²) >= 11 is 0. The van der Waals surface area contributed by atoms with Crippen LogP contribution < -0.4 is 5.32 Å². The summed E-state index contributed by atoms with van der Waals surface area (Å²) in [5.74, 6) is 0. The molecule has 2 aliphatic rings. The van der Waals surface area contributed by atoms with Crippen molar-refractivity contribution in [2.45, 2.75) is 26.7 Å². The molecule has 2 heterocycles. The van der Waals surface area contributed by atoms with Gasteiger partial charge in [0.25, 0.3) is 0 Å². The van der Waals surface area contributed by atoms with E-state index >= 15 is 0 Å². The minimum Gasteiger partial charge on any atom is -0.369 e. The van der Waals surface area contributed by atoms with Gasteiger partial charge >= 0.3 is 0 Å². The van der Waals surface area contributed by atoms with E-state index in [1.807, 2.05) is 13.1 Å². The predicted octanol–water partition coefficient (Wildman–Crippen LogP) is 2.18. The smallest absolute Gasteiger partial charge is 0.0509 e. The number of piperidine rings is 1. The molecule has 0 aromatic rings. The predicted molar refractivity (Wildman–Crippen MR) is 73.2 cm³/mol. The monoisotopic (exact) mass is 233 g/mol. The lowest BCUT2D eigenvalue weighted by atomic mass is 9.72. The molecule has 1 spiro atoms. The van der Waals surface area contributed by atoms with Crippen LogP contribution in [0.4, 0.5) is 0 Å². The third-order valence-electron chi connectivity index (χ3n) is 3.79. The lowest BCUT2D eigenvalue weighted by Gasteiger charge is -2.53. The van der Waals surface area contributed by atoms with E-state index in [0.717, 1.165) is 5.70 Å². The van der Waals surface area contributed by atoms with Crippen LogP contribution in [-0.2, 0) is 0 Å². The number of aliphatic imine (C=N–C) groups is 1. The summed E-state index contributed by atoms with van der Waals surface area (Å²) in [5.41, 5.74) is 2.68. The van der Waals surface area contributed by atoms with Crippen molar-refractivity contribution in [2.24, 2.45) is 10.4 Å². The van der Waals surface area contributed by atoms with Crippen molar-refractivity contribution in [1.82, 2.24) is 10.2 Å². The average molecular weight is 233 g/mol. The average Bonchev–Trinajstić information content (AvgIpc) is 2.28. The van der Waals surface area contributed by atoms with Gasteiger partial charge in [-0.05, 0) is 39.8 Å². The molecule has 2 fully saturated rings. The van der Waals surface area contributed by atoms with Crippen LogP contribution in [0.2, 0.25) is 0 Å². The van der Waals surface area contributed by atoms with E-state index in [9.17, 15) is 0 Å². The maximum atomic E-state index is 4.29. The quantitative estimate of drug-likeness (QED) is 0.757. The summed E-state index contributed by atoms with van der Waals surface area (Å²) in [4.78, 5) is 6.72. The van der Waals surface area contributed by atoms with Crippen LogP contribution in [0.25, 0.3) is 0 Å². The van der Waals surface area contributed by atoms with E-state index in [-0.39, 0.29) is 0 Å². The first-order valence-electron chi connectivity index (χ1n) is 6.47. The van der Waals surface area contributed by atoms with Gasteiger partial charge in [-0.15, -0.1) is 0 Å². The van der Waals surface area contributed by atoms with Gasteiger partial charge < -0.3 is 10.2 Å². The first-order valence-corrected chi connectivity index (χ1v) is 6.47. The standard InChI is InChI=1S/C14H23N3/c1-4-13(9-16-12(2)3)17-10-14(11-17)5-7-15-8-6-14/h4,9,15H,2,5-8,10-11H2,1,3H3/b13-4+,16-9-. The maximum absolute atomic E-state index is 4.29. The summed E-state index contributed by atoms with van der Waals surface area (Å²) in [6.45, 7) is 12.5. The highest BCUT2D eigenvalue weighted by atomic mass is 15.2. The maximum Gasteiger partial charge on any atom is 0.0509 e. The van der Waals surface area contributed by atoms with Crippen LogP contribution in [0.5, 0.6) is 0 Å². The molecule has 0 bridgehead atoms. The minimum atomic E-state index is 0.580. The largest absolute Gasteiger partial charge is 0.369 e. The molecular weight excluding hydrogens is 210 g/mol. The first kappa shape index (κ1) is 12.4. The summed E-state index contributed by atoms with van der Waals surface area (Å²) in [6.07, 6.45) is 6.72. The van der Waals surface area contributed by atoms with Gasteiger partial charge in [0.2, 0.25) is 0 Å². The molecule has 0 aliphatic carbocycles. The van der Waals surface area contributed by atoms with Gasteiger partial charge in [0, 0.05) is 24.2 Å². The molecule has 0 amide bonds. The van der Waals surface area contributed by atoms with E-state index < -0.39 is 0 Å². The molecule has 0 aromatic carbocycles. The Morgan fingerprint density at radius 3 is 2.53 bits per heavy atom. The normalized spacial score (nSPS) is 24.1. The molecule has 1 N–H and O–H groups in total. The zero-order valence-corrected chi connectivity index (χ0v) is 11.0. The van der Waals surface area contributed by atoms with Crippen LogP contribution in [0.15, 0.2) is 29.0 Å². The molecule has 0 atom stereocenters. The van der Waals surface area contributed by atoms with Gasteiger partial charge in [0.15, 0.2) is 0 Å². The fourth-order valence-corrected chi connectivity index (χ4v) is 2.73. The number of nitrogens with one attached hydrogen (secondary N) is 1. The highest BCUT2D eigenvalue weighted by Gasteiger charge is 2.43. The van der Waals surface area contributed by atoms with Crippen molar-refractivity contribution >= 4 is 6.21 Å². The van der Waals surface area contributed by atoms with Crippen LogP contribution in [-0.4, -0.2) is 37.3 Å². The molecular formula is C14H23N3. The molecule has 0 aromatic heterocycles. The van der Waals surface area contributed by atoms with E-state index in [1.54, 1.807) is 0 Å². The van der Waals surface area contributed by atoms with E-state index in [2.05, 4.69) is 34.8 Å². The molecule has 2 aliphatic heterocycles. The van der Waals surface area contributed by atoms with Crippen LogP contribution in [0, 0.1) is 5.41 Å². The Labute approximate surface area is 104 Å². The summed E-state index contributed by atoms with van der Waals surface area (Å²) in [6, 6.07) is 0. The number of rotatable bonds is 3. The van der Waals surface area contributed by atoms with Gasteiger partial charge in [-0.1, -0.05) is 12.7 Å². The molecule has 2 rings (SSSR count). The molecule has 3 heteroatoms. The Morgan fingerprint density at radius 1 is 1.35 bits per heavy atom. The number of nitrogens with zero attached hydrogens (tertiary/aromatic N) is 2. The zero-order chi connectivity index (χ0) is 12.3. The van der Waals surface area contributed by atoms with Gasteiger partial charge in [0.05, 0.1) is 11.9 Å². The van der Waals surface area contributed by atoms with Gasteiger partial charge in [-0.25, -0.2) is 0 Å². The lowest BCUT2D eigenvalue weighted by molar-refractivity contribution is 0.00701. The molecule has 0 unspecified atom stereocenters. The fourth-order valence-electron chi connectivity index (χ4n) is 2.73.